The van der Waals surface area contributed by atoms with Gasteiger partial charge in [0.2, 0.25) is 5.91 Å². The molecule has 21 heavy (non-hydrogen) atoms. The van der Waals surface area contributed by atoms with Crippen molar-refractivity contribution < 1.29 is 4.79 Å². The Kier molecular flexibility index (Phi) is 4.86. The maximum absolute atomic E-state index is 12.7. The van der Waals surface area contributed by atoms with E-state index in [2.05, 4.69) is 41.4 Å². The Morgan fingerprint density at radius 3 is 2.67 bits per heavy atom. The first-order valence-electron chi connectivity index (χ1n) is 7.95. The molecule has 3 rings (SSSR count). The van der Waals surface area contributed by atoms with Gasteiger partial charge in [-0.1, -0.05) is 30.3 Å². The van der Waals surface area contributed by atoms with E-state index in [1.54, 1.807) is 0 Å². The van der Waals surface area contributed by atoms with Crippen LogP contribution in [0.15, 0.2) is 30.3 Å². The summed E-state index contributed by atoms with van der Waals surface area (Å²) in [7, 11) is 0. The van der Waals surface area contributed by atoms with Crippen LogP contribution in [0.2, 0.25) is 0 Å². The molecule has 0 spiro atoms. The zero-order chi connectivity index (χ0) is 14.7. The highest BCUT2D eigenvalue weighted by Crippen LogP contribution is 2.27. The second-order valence-corrected chi connectivity index (χ2v) is 7.23. The molecular weight excluding hydrogens is 280 g/mol. The van der Waals surface area contributed by atoms with Crippen molar-refractivity contribution in [1.29, 1.82) is 0 Å². The quantitative estimate of drug-likeness (QED) is 0.928. The van der Waals surface area contributed by atoms with Crippen LogP contribution in [0, 0.1) is 0 Å². The van der Waals surface area contributed by atoms with Gasteiger partial charge in [-0.25, -0.2) is 0 Å². The highest BCUT2D eigenvalue weighted by Gasteiger charge is 2.40. The standard InChI is InChI=1S/C17H24N2OS/c1-13-18-16(8-7-14-5-3-2-4-6-14)17(20)19(13)15-9-11-21-12-10-15/h2-6,13,15-16,18H,7-12H2,1H3. The summed E-state index contributed by atoms with van der Waals surface area (Å²) < 4.78 is 0. The summed E-state index contributed by atoms with van der Waals surface area (Å²) in [5, 5.41) is 3.49. The first-order valence-corrected chi connectivity index (χ1v) is 9.11. The van der Waals surface area contributed by atoms with Crippen LogP contribution in [0.25, 0.3) is 0 Å². The van der Waals surface area contributed by atoms with Gasteiger partial charge >= 0.3 is 0 Å². The number of hydrogen-bond donors (Lipinski definition) is 1. The van der Waals surface area contributed by atoms with Crippen LogP contribution in [0.4, 0.5) is 0 Å². The van der Waals surface area contributed by atoms with Crippen molar-refractivity contribution in [1.82, 2.24) is 10.2 Å². The van der Waals surface area contributed by atoms with Crippen molar-refractivity contribution in [3.05, 3.63) is 35.9 Å². The molecule has 0 saturated carbocycles. The molecule has 1 N–H and O–H groups in total. The molecule has 0 aliphatic carbocycles. The normalized spacial score (nSPS) is 27.3. The first kappa shape index (κ1) is 14.9. The SMILES string of the molecule is CC1NC(CCc2ccccc2)C(=O)N1C1CCSCC1. The van der Waals surface area contributed by atoms with Crippen LogP contribution in [0.1, 0.15) is 31.7 Å². The Balaban J connectivity index is 1.59. The van der Waals surface area contributed by atoms with Gasteiger partial charge in [-0.2, -0.15) is 11.8 Å². The molecule has 2 atom stereocenters. The third-order valence-corrected chi connectivity index (χ3v) is 5.61. The van der Waals surface area contributed by atoms with Crippen LogP contribution in [-0.2, 0) is 11.2 Å². The number of carbonyl (C=O) groups excluding carboxylic acids is 1. The largest absolute Gasteiger partial charge is 0.323 e. The molecule has 0 radical (unpaired) electrons. The molecule has 2 heterocycles. The van der Waals surface area contributed by atoms with Crippen molar-refractivity contribution in [2.45, 2.75) is 50.9 Å². The lowest BCUT2D eigenvalue weighted by molar-refractivity contribution is -0.132. The molecule has 2 fully saturated rings. The van der Waals surface area contributed by atoms with Gasteiger partial charge in [0.05, 0.1) is 12.2 Å². The lowest BCUT2D eigenvalue weighted by Gasteiger charge is -2.33. The van der Waals surface area contributed by atoms with Gasteiger partial charge in [0.1, 0.15) is 0 Å². The van der Waals surface area contributed by atoms with E-state index in [-0.39, 0.29) is 12.2 Å². The van der Waals surface area contributed by atoms with Crippen LogP contribution >= 0.6 is 11.8 Å². The van der Waals surface area contributed by atoms with Crippen molar-refractivity contribution in [2.24, 2.45) is 0 Å². The lowest BCUT2D eigenvalue weighted by Crippen LogP contribution is -2.44. The minimum Gasteiger partial charge on any atom is -0.323 e. The summed E-state index contributed by atoms with van der Waals surface area (Å²) in [6.07, 6.45) is 4.34. The summed E-state index contributed by atoms with van der Waals surface area (Å²) in [5.74, 6) is 2.70. The van der Waals surface area contributed by atoms with Crippen LogP contribution in [0.3, 0.4) is 0 Å². The summed E-state index contributed by atoms with van der Waals surface area (Å²) in [6, 6.07) is 10.9. The fraction of sp³-hybridized carbons (Fsp3) is 0.588. The zero-order valence-corrected chi connectivity index (χ0v) is 13.4. The van der Waals surface area contributed by atoms with Crippen molar-refractivity contribution in [3.8, 4) is 0 Å². The second kappa shape index (κ2) is 6.84. The Morgan fingerprint density at radius 2 is 1.95 bits per heavy atom. The van der Waals surface area contributed by atoms with E-state index in [4.69, 9.17) is 0 Å². The molecule has 2 saturated heterocycles. The van der Waals surface area contributed by atoms with Gasteiger partial charge in [-0.3, -0.25) is 10.1 Å². The molecule has 3 nitrogen and oxygen atoms in total. The Labute approximate surface area is 131 Å². The number of thioether (sulfide) groups is 1. The predicted molar refractivity (Wildman–Crippen MR) is 88.3 cm³/mol. The first-order chi connectivity index (χ1) is 10.3. The van der Waals surface area contributed by atoms with E-state index in [1.165, 1.54) is 17.1 Å². The summed E-state index contributed by atoms with van der Waals surface area (Å²) in [6.45, 7) is 2.13. The second-order valence-electron chi connectivity index (χ2n) is 6.01. The predicted octanol–water partition coefficient (Wildman–Crippen LogP) is 2.66. The van der Waals surface area contributed by atoms with Crippen LogP contribution in [-0.4, -0.2) is 40.6 Å². The fourth-order valence-electron chi connectivity index (χ4n) is 3.44. The third kappa shape index (κ3) is 3.43. The average Bonchev–Trinajstić information content (AvgIpc) is 2.81. The number of aryl methyl sites for hydroxylation is 1. The summed E-state index contributed by atoms with van der Waals surface area (Å²) >= 11 is 2.01. The third-order valence-electron chi connectivity index (χ3n) is 4.56. The highest BCUT2D eigenvalue weighted by molar-refractivity contribution is 7.99. The molecule has 114 valence electrons. The molecule has 2 unspecified atom stereocenters. The number of nitrogens with zero attached hydrogens (tertiary/aromatic N) is 1. The monoisotopic (exact) mass is 304 g/mol. The fourth-order valence-corrected chi connectivity index (χ4v) is 4.52. The number of nitrogens with one attached hydrogen (secondary N) is 1. The zero-order valence-electron chi connectivity index (χ0n) is 12.6. The maximum Gasteiger partial charge on any atom is 0.241 e. The molecule has 4 heteroatoms. The van der Waals surface area contributed by atoms with Gasteiger partial charge < -0.3 is 4.90 Å². The molecule has 1 amide bonds. The number of rotatable bonds is 4. The van der Waals surface area contributed by atoms with Crippen molar-refractivity contribution >= 4 is 17.7 Å². The molecule has 0 bridgehead atoms. The minimum atomic E-state index is -0.00483. The molecule has 0 aromatic heterocycles. The van der Waals surface area contributed by atoms with E-state index < -0.39 is 0 Å². The van der Waals surface area contributed by atoms with Gasteiger partial charge in [0.15, 0.2) is 0 Å². The van der Waals surface area contributed by atoms with E-state index in [0.717, 1.165) is 25.7 Å². The Hall–Kier alpha value is -1.00. The van der Waals surface area contributed by atoms with Gasteiger partial charge in [0, 0.05) is 6.04 Å². The molecule has 2 aliphatic rings. The number of carbonyl (C=O) groups is 1. The smallest absolute Gasteiger partial charge is 0.241 e. The van der Waals surface area contributed by atoms with E-state index in [0.29, 0.717) is 11.9 Å². The summed E-state index contributed by atoms with van der Waals surface area (Å²) in [4.78, 5) is 14.8. The average molecular weight is 304 g/mol. The van der Waals surface area contributed by atoms with Crippen molar-refractivity contribution in [2.75, 3.05) is 11.5 Å². The van der Waals surface area contributed by atoms with Crippen LogP contribution < -0.4 is 5.32 Å². The number of amides is 1. The Bertz CT molecular complexity index is 473. The maximum atomic E-state index is 12.7. The molecule has 2 aliphatic heterocycles. The Morgan fingerprint density at radius 1 is 1.24 bits per heavy atom. The van der Waals surface area contributed by atoms with E-state index in [9.17, 15) is 4.79 Å². The lowest BCUT2D eigenvalue weighted by atomic mass is 10.0. The van der Waals surface area contributed by atoms with Crippen molar-refractivity contribution in [3.63, 3.8) is 0 Å². The highest BCUT2D eigenvalue weighted by atomic mass is 32.2. The number of benzene rings is 1. The minimum absolute atomic E-state index is 0.00483. The molecule has 1 aromatic carbocycles. The molecule has 1 aromatic rings. The number of hydrogen-bond acceptors (Lipinski definition) is 3. The van der Waals surface area contributed by atoms with E-state index in [1.807, 2.05) is 17.8 Å². The van der Waals surface area contributed by atoms with Gasteiger partial charge in [-0.15, -0.1) is 0 Å². The van der Waals surface area contributed by atoms with E-state index >= 15 is 0 Å². The molecular formula is C17H24N2OS. The summed E-state index contributed by atoms with van der Waals surface area (Å²) in [5.41, 5.74) is 1.31. The topological polar surface area (TPSA) is 32.3 Å². The van der Waals surface area contributed by atoms with Gasteiger partial charge in [-0.05, 0) is 49.7 Å². The van der Waals surface area contributed by atoms with Crippen LogP contribution in [0.5, 0.6) is 0 Å². The van der Waals surface area contributed by atoms with Gasteiger partial charge in [0.25, 0.3) is 0 Å².